The number of aromatic amines is 1. The highest BCUT2D eigenvalue weighted by atomic mass is 15.5. The molecule has 0 aliphatic carbocycles. The van der Waals surface area contributed by atoms with E-state index in [2.05, 4.69) is 30.9 Å². The van der Waals surface area contributed by atoms with Crippen LogP contribution in [-0.2, 0) is 0 Å². The van der Waals surface area contributed by atoms with Crippen molar-refractivity contribution in [2.45, 2.75) is 0 Å². The Balaban J connectivity index is 2.00. The summed E-state index contributed by atoms with van der Waals surface area (Å²) in [4.78, 5) is 0. The number of nitrogens with zero attached hydrogens (tertiary/aromatic N) is 6. The van der Waals surface area contributed by atoms with E-state index in [9.17, 15) is 0 Å². The van der Waals surface area contributed by atoms with E-state index in [1.54, 1.807) is 10.9 Å². The Kier molecular flexibility index (Phi) is 1.93. The molecule has 0 saturated heterocycles. The maximum Gasteiger partial charge on any atom is 0.226 e. The molecule has 0 atom stereocenters. The first-order valence-electron chi connectivity index (χ1n) is 4.65. The van der Waals surface area contributed by atoms with Gasteiger partial charge in [-0.15, -0.1) is 15.3 Å². The summed E-state index contributed by atoms with van der Waals surface area (Å²) in [7, 11) is 0. The Labute approximate surface area is 90.1 Å². The summed E-state index contributed by atoms with van der Waals surface area (Å²) < 4.78 is 1.66. The molecular weight excluding hydrogens is 206 g/mol. The number of rotatable bonds is 2. The van der Waals surface area contributed by atoms with Gasteiger partial charge in [-0.1, -0.05) is 23.4 Å². The molecular formula is C9H7N7. The van der Waals surface area contributed by atoms with Crippen molar-refractivity contribution in [1.29, 1.82) is 0 Å². The van der Waals surface area contributed by atoms with E-state index >= 15 is 0 Å². The third-order valence-electron chi connectivity index (χ3n) is 2.09. The maximum absolute atomic E-state index is 3.99. The molecule has 1 aromatic carbocycles. The zero-order valence-corrected chi connectivity index (χ0v) is 8.15. The van der Waals surface area contributed by atoms with Crippen molar-refractivity contribution in [3.05, 3.63) is 36.5 Å². The summed E-state index contributed by atoms with van der Waals surface area (Å²) in [5.74, 6) is 0.433. The Morgan fingerprint density at radius 1 is 1.06 bits per heavy atom. The van der Waals surface area contributed by atoms with Crippen molar-refractivity contribution in [3.8, 4) is 17.2 Å². The third-order valence-corrected chi connectivity index (χ3v) is 2.09. The largest absolute Gasteiger partial charge is 0.226 e. The van der Waals surface area contributed by atoms with Crippen molar-refractivity contribution in [3.63, 3.8) is 0 Å². The van der Waals surface area contributed by atoms with Crippen LogP contribution in [0, 0.1) is 0 Å². The minimum atomic E-state index is 0.433. The van der Waals surface area contributed by atoms with E-state index in [0.29, 0.717) is 11.5 Å². The van der Waals surface area contributed by atoms with Gasteiger partial charge in [-0.05, 0) is 17.3 Å². The SMILES string of the molecule is c1ccc(-n2cc(-c3nn[nH]n3)nn2)cc1. The van der Waals surface area contributed by atoms with Gasteiger partial charge in [-0.25, -0.2) is 4.68 Å². The van der Waals surface area contributed by atoms with Gasteiger partial charge in [-0.3, -0.25) is 0 Å². The molecule has 0 fully saturated rings. The third kappa shape index (κ3) is 1.44. The van der Waals surface area contributed by atoms with E-state index in [0.717, 1.165) is 5.69 Å². The second-order valence-electron chi connectivity index (χ2n) is 3.12. The minimum Gasteiger partial charge on any atom is -0.220 e. The molecule has 7 nitrogen and oxygen atoms in total. The fraction of sp³-hybridized carbons (Fsp3) is 0. The molecule has 3 aromatic rings. The molecule has 0 spiro atoms. The number of nitrogens with one attached hydrogen (secondary N) is 1. The van der Waals surface area contributed by atoms with E-state index in [1.807, 2.05) is 30.3 Å². The summed E-state index contributed by atoms with van der Waals surface area (Å²) in [5.41, 5.74) is 1.52. The van der Waals surface area contributed by atoms with Gasteiger partial charge in [0.2, 0.25) is 5.82 Å². The topological polar surface area (TPSA) is 85.2 Å². The number of para-hydroxylation sites is 1. The van der Waals surface area contributed by atoms with Crippen LogP contribution in [-0.4, -0.2) is 35.6 Å². The summed E-state index contributed by atoms with van der Waals surface area (Å²) in [6.45, 7) is 0. The molecule has 0 aliphatic heterocycles. The van der Waals surface area contributed by atoms with Gasteiger partial charge in [0, 0.05) is 0 Å². The standard InChI is InChI=1S/C9H7N7/c1-2-4-7(5-3-1)16-6-8(10-15-16)9-11-13-14-12-9/h1-6H,(H,11,12,13,14). The highest BCUT2D eigenvalue weighted by Gasteiger charge is 2.08. The average Bonchev–Trinajstić information content (AvgIpc) is 3.01. The second-order valence-corrected chi connectivity index (χ2v) is 3.12. The van der Waals surface area contributed by atoms with E-state index < -0.39 is 0 Å². The first-order valence-corrected chi connectivity index (χ1v) is 4.65. The smallest absolute Gasteiger partial charge is 0.220 e. The molecule has 0 unspecified atom stereocenters. The van der Waals surface area contributed by atoms with Gasteiger partial charge >= 0.3 is 0 Å². The van der Waals surface area contributed by atoms with Gasteiger partial charge < -0.3 is 0 Å². The highest BCUT2D eigenvalue weighted by molar-refractivity contribution is 5.46. The number of benzene rings is 1. The molecule has 2 heterocycles. The summed E-state index contributed by atoms with van der Waals surface area (Å²) in [6.07, 6.45) is 1.75. The van der Waals surface area contributed by atoms with Crippen molar-refractivity contribution in [1.82, 2.24) is 35.6 Å². The summed E-state index contributed by atoms with van der Waals surface area (Å²) in [6, 6.07) is 9.69. The van der Waals surface area contributed by atoms with Crippen LogP contribution in [0.3, 0.4) is 0 Å². The predicted molar refractivity (Wildman–Crippen MR) is 54.5 cm³/mol. The normalized spacial score (nSPS) is 10.5. The minimum absolute atomic E-state index is 0.433. The zero-order chi connectivity index (χ0) is 10.8. The van der Waals surface area contributed by atoms with Gasteiger partial charge in [0.25, 0.3) is 0 Å². The Morgan fingerprint density at radius 2 is 1.94 bits per heavy atom. The lowest BCUT2D eigenvalue weighted by Gasteiger charge is -1.96. The van der Waals surface area contributed by atoms with Gasteiger partial charge in [0.15, 0.2) is 5.69 Å². The molecule has 1 N–H and O–H groups in total. The molecule has 0 radical (unpaired) electrons. The molecule has 0 aliphatic rings. The quantitative estimate of drug-likeness (QED) is 0.667. The number of aromatic nitrogens is 7. The number of hydrogen-bond donors (Lipinski definition) is 1. The molecule has 16 heavy (non-hydrogen) atoms. The molecule has 2 aromatic heterocycles. The van der Waals surface area contributed by atoms with Crippen molar-refractivity contribution in [2.75, 3.05) is 0 Å². The Morgan fingerprint density at radius 3 is 2.69 bits per heavy atom. The van der Waals surface area contributed by atoms with Gasteiger partial charge in [0.05, 0.1) is 11.9 Å². The number of H-pyrrole nitrogens is 1. The van der Waals surface area contributed by atoms with Crippen molar-refractivity contribution < 1.29 is 0 Å². The maximum atomic E-state index is 3.99. The van der Waals surface area contributed by atoms with Crippen LogP contribution < -0.4 is 0 Å². The van der Waals surface area contributed by atoms with E-state index in [1.165, 1.54) is 0 Å². The predicted octanol–water partition coefficient (Wildman–Crippen LogP) is 0.447. The van der Waals surface area contributed by atoms with Crippen LogP contribution in [0.4, 0.5) is 0 Å². The van der Waals surface area contributed by atoms with Crippen molar-refractivity contribution in [2.24, 2.45) is 0 Å². The lowest BCUT2D eigenvalue weighted by Crippen LogP contribution is -1.93. The molecule has 7 heteroatoms. The Bertz CT molecular complexity index is 569. The van der Waals surface area contributed by atoms with Crippen LogP contribution in [0.1, 0.15) is 0 Å². The van der Waals surface area contributed by atoms with Crippen LogP contribution in [0.2, 0.25) is 0 Å². The molecule has 0 bridgehead atoms. The summed E-state index contributed by atoms with van der Waals surface area (Å²) >= 11 is 0. The molecule has 78 valence electrons. The average molecular weight is 213 g/mol. The first-order chi connectivity index (χ1) is 7.93. The van der Waals surface area contributed by atoms with Crippen LogP contribution in [0.5, 0.6) is 0 Å². The van der Waals surface area contributed by atoms with Crippen LogP contribution >= 0.6 is 0 Å². The molecule has 3 rings (SSSR count). The fourth-order valence-corrected chi connectivity index (χ4v) is 1.34. The van der Waals surface area contributed by atoms with Gasteiger partial charge in [-0.2, -0.15) is 5.21 Å². The molecule has 0 saturated carbocycles. The monoisotopic (exact) mass is 213 g/mol. The lowest BCUT2D eigenvalue weighted by atomic mass is 10.3. The summed E-state index contributed by atoms with van der Waals surface area (Å²) in [5, 5.41) is 21.4. The first kappa shape index (κ1) is 8.72. The lowest BCUT2D eigenvalue weighted by molar-refractivity contribution is 0.803. The van der Waals surface area contributed by atoms with Gasteiger partial charge in [0.1, 0.15) is 0 Å². The Hall–Kier alpha value is -2.57. The fourth-order valence-electron chi connectivity index (χ4n) is 1.34. The second kappa shape index (κ2) is 3.54. The van der Waals surface area contributed by atoms with Crippen molar-refractivity contribution >= 4 is 0 Å². The zero-order valence-electron chi connectivity index (χ0n) is 8.15. The van der Waals surface area contributed by atoms with Crippen LogP contribution in [0.25, 0.3) is 17.2 Å². The van der Waals surface area contributed by atoms with E-state index in [-0.39, 0.29) is 0 Å². The number of hydrogen-bond acceptors (Lipinski definition) is 5. The number of tetrazole rings is 1. The van der Waals surface area contributed by atoms with Crippen LogP contribution in [0.15, 0.2) is 36.5 Å². The highest BCUT2D eigenvalue weighted by Crippen LogP contribution is 2.11. The van der Waals surface area contributed by atoms with E-state index in [4.69, 9.17) is 0 Å². The molecule has 0 amide bonds.